The highest BCUT2D eigenvalue weighted by Crippen LogP contribution is 2.30. The van der Waals surface area contributed by atoms with Crippen LogP contribution in [0.25, 0.3) is 10.8 Å². The first kappa shape index (κ1) is 14.8. The van der Waals surface area contributed by atoms with Crippen molar-refractivity contribution in [3.05, 3.63) is 40.9 Å². The number of rotatable bonds is 2. The minimum absolute atomic E-state index is 0.253. The van der Waals surface area contributed by atoms with Crippen LogP contribution in [0.4, 0.5) is 10.5 Å². The lowest BCUT2D eigenvalue weighted by Gasteiger charge is -2.18. The van der Waals surface area contributed by atoms with Gasteiger partial charge in [0, 0.05) is 22.9 Å². The molecule has 1 fully saturated rings. The summed E-state index contributed by atoms with van der Waals surface area (Å²) in [5.74, 6) is -1.31. The number of anilines is 1. The fraction of sp³-hybridized carbons (Fsp3) is 0.250. The predicted molar refractivity (Wildman–Crippen MR) is 88.0 cm³/mol. The van der Waals surface area contributed by atoms with E-state index in [9.17, 15) is 9.59 Å². The number of carbonyl (C=O) groups is 2. The van der Waals surface area contributed by atoms with E-state index in [2.05, 4.69) is 21.2 Å². The maximum atomic E-state index is 12.3. The van der Waals surface area contributed by atoms with Crippen molar-refractivity contribution in [3.8, 4) is 0 Å². The number of likely N-dealkylation sites (tertiary alicyclic amines) is 1. The lowest BCUT2D eigenvalue weighted by Crippen LogP contribution is -2.33. The number of carbonyl (C=O) groups excluding carboxylic acids is 1. The summed E-state index contributed by atoms with van der Waals surface area (Å²) in [6.07, 6.45) is 0.504. The Bertz CT molecular complexity index is 747. The summed E-state index contributed by atoms with van der Waals surface area (Å²) >= 11 is 3.50. The van der Waals surface area contributed by atoms with Gasteiger partial charge < -0.3 is 15.3 Å². The number of fused-ring (bicyclic) bond motifs is 1. The van der Waals surface area contributed by atoms with Gasteiger partial charge in [-0.05, 0) is 23.9 Å². The van der Waals surface area contributed by atoms with Crippen LogP contribution < -0.4 is 5.32 Å². The van der Waals surface area contributed by atoms with Crippen LogP contribution in [-0.4, -0.2) is 35.1 Å². The van der Waals surface area contributed by atoms with Gasteiger partial charge in [0.15, 0.2) is 0 Å². The van der Waals surface area contributed by atoms with Gasteiger partial charge in [0.25, 0.3) is 0 Å². The summed E-state index contributed by atoms with van der Waals surface area (Å²) in [6, 6.07) is 11.3. The average Bonchev–Trinajstić information content (AvgIpc) is 3.01. The Morgan fingerprint density at radius 2 is 1.91 bits per heavy atom. The summed E-state index contributed by atoms with van der Waals surface area (Å²) in [7, 11) is 0. The fourth-order valence-electron chi connectivity index (χ4n) is 2.71. The van der Waals surface area contributed by atoms with Crippen molar-refractivity contribution in [2.45, 2.75) is 6.42 Å². The summed E-state index contributed by atoms with van der Waals surface area (Å²) in [4.78, 5) is 24.8. The second kappa shape index (κ2) is 5.96. The zero-order valence-electron chi connectivity index (χ0n) is 11.8. The Morgan fingerprint density at radius 1 is 1.18 bits per heavy atom. The number of aliphatic carboxylic acids is 1. The van der Waals surface area contributed by atoms with E-state index in [1.165, 1.54) is 0 Å². The molecule has 0 aromatic heterocycles. The second-order valence-corrected chi connectivity index (χ2v) is 6.19. The van der Waals surface area contributed by atoms with Gasteiger partial charge in [0.05, 0.1) is 11.6 Å². The van der Waals surface area contributed by atoms with Gasteiger partial charge in [0.2, 0.25) is 0 Å². The summed E-state index contributed by atoms with van der Waals surface area (Å²) in [6.45, 7) is 0.729. The molecule has 1 atom stereocenters. The average molecular weight is 363 g/mol. The number of hydrogen-bond donors (Lipinski definition) is 2. The molecule has 1 aliphatic rings. The van der Waals surface area contributed by atoms with E-state index in [1.54, 1.807) is 4.90 Å². The topological polar surface area (TPSA) is 69.6 Å². The summed E-state index contributed by atoms with van der Waals surface area (Å²) in [5, 5.41) is 13.9. The predicted octanol–water partition coefficient (Wildman–Crippen LogP) is 3.54. The van der Waals surface area contributed by atoms with Crippen molar-refractivity contribution in [3.63, 3.8) is 0 Å². The highest BCUT2D eigenvalue weighted by molar-refractivity contribution is 9.10. The third-order valence-electron chi connectivity index (χ3n) is 3.94. The number of nitrogens with one attached hydrogen (secondary N) is 1. The summed E-state index contributed by atoms with van der Waals surface area (Å²) in [5.41, 5.74) is 0.725. The molecule has 3 rings (SSSR count). The molecule has 0 bridgehead atoms. The van der Waals surface area contributed by atoms with E-state index in [4.69, 9.17) is 5.11 Å². The van der Waals surface area contributed by atoms with E-state index in [1.807, 2.05) is 36.4 Å². The number of carboxylic acids is 1. The first-order valence-corrected chi connectivity index (χ1v) is 7.81. The van der Waals surface area contributed by atoms with Gasteiger partial charge in [-0.2, -0.15) is 0 Å². The van der Waals surface area contributed by atoms with E-state index < -0.39 is 11.9 Å². The molecule has 1 unspecified atom stereocenters. The zero-order chi connectivity index (χ0) is 15.7. The first-order chi connectivity index (χ1) is 10.6. The largest absolute Gasteiger partial charge is 0.481 e. The third kappa shape index (κ3) is 2.78. The van der Waals surface area contributed by atoms with Crippen LogP contribution in [0.5, 0.6) is 0 Å². The van der Waals surface area contributed by atoms with Gasteiger partial charge in [-0.15, -0.1) is 0 Å². The Balaban J connectivity index is 1.81. The standard InChI is InChI=1S/C16H15BrN2O3/c17-13-5-6-14(12-4-2-1-3-11(12)13)18-16(22)19-8-7-10(9-19)15(20)21/h1-6,10H,7-9H2,(H,18,22)(H,20,21). The molecule has 1 heterocycles. The van der Waals surface area contributed by atoms with E-state index >= 15 is 0 Å². The maximum Gasteiger partial charge on any atom is 0.321 e. The molecule has 1 saturated heterocycles. The molecule has 2 aromatic carbocycles. The smallest absolute Gasteiger partial charge is 0.321 e. The first-order valence-electron chi connectivity index (χ1n) is 7.02. The van der Waals surface area contributed by atoms with Crippen LogP contribution in [-0.2, 0) is 4.79 Å². The lowest BCUT2D eigenvalue weighted by molar-refractivity contribution is -0.141. The minimum Gasteiger partial charge on any atom is -0.481 e. The molecule has 0 saturated carbocycles. The monoisotopic (exact) mass is 362 g/mol. The van der Waals surface area contributed by atoms with E-state index in [0.29, 0.717) is 13.0 Å². The molecule has 6 heteroatoms. The van der Waals surface area contributed by atoms with Gasteiger partial charge in [-0.25, -0.2) is 4.79 Å². The molecule has 5 nitrogen and oxygen atoms in total. The Kier molecular flexibility index (Phi) is 4.02. The van der Waals surface area contributed by atoms with Crippen molar-refractivity contribution >= 4 is 44.4 Å². The molecule has 2 N–H and O–H groups in total. The molecule has 0 aliphatic carbocycles. The Labute approximate surface area is 136 Å². The maximum absolute atomic E-state index is 12.3. The van der Waals surface area contributed by atoms with Crippen LogP contribution >= 0.6 is 15.9 Å². The number of carboxylic acid groups (broad SMARTS) is 1. The number of hydrogen-bond acceptors (Lipinski definition) is 2. The molecular formula is C16H15BrN2O3. The molecule has 2 aromatic rings. The highest BCUT2D eigenvalue weighted by Gasteiger charge is 2.30. The SMILES string of the molecule is O=C(O)C1CCN(C(=O)Nc2ccc(Br)c3ccccc23)C1. The third-order valence-corrected chi connectivity index (χ3v) is 4.63. The summed E-state index contributed by atoms with van der Waals surface area (Å²) < 4.78 is 0.966. The zero-order valence-corrected chi connectivity index (χ0v) is 13.3. The molecule has 22 heavy (non-hydrogen) atoms. The van der Waals surface area contributed by atoms with Gasteiger partial charge in [-0.1, -0.05) is 40.2 Å². The van der Waals surface area contributed by atoms with Crippen LogP contribution in [0.15, 0.2) is 40.9 Å². The van der Waals surface area contributed by atoms with Crippen molar-refractivity contribution in [2.75, 3.05) is 18.4 Å². The Morgan fingerprint density at radius 3 is 2.59 bits per heavy atom. The van der Waals surface area contributed by atoms with Gasteiger partial charge in [-0.3, -0.25) is 4.79 Å². The minimum atomic E-state index is -0.843. The number of halogens is 1. The normalized spacial score (nSPS) is 17.7. The van der Waals surface area contributed by atoms with Crippen LogP contribution in [0.1, 0.15) is 6.42 Å². The van der Waals surface area contributed by atoms with Crippen LogP contribution in [0.3, 0.4) is 0 Å². The van der Waals surface area contributed by atoms with Crippen LogP contribution in [0.2, 0.25) is 0 Å². The quantitative estimate of drug-likeness (QED) is 0.858. The van der Waals surface area contributed by atoms with Gasteiger partial charge >= 0.3 is 12.0 Å². The van der Waals surface area contributed by atoms with Crippen molar-refractivity contribution < 1.29 is 14.7 Å². The van der Waals surface area contributed by atoms with Gasteiger partial charge in [0.1, 0.15) is 0 Å². The highest BCUT2D eigenvalue weighted by atomic mass is 79.9. The molecule has 1 aliphatic heterocycles. The van der Waals surface area contributed by atoms with E-state index in [0.717, 1.165) is 20.9 Å². The molecule has 2 amide bonds. The second-order valence-electron chi connectivity index (χ2n) is 5.34. The van der Waals surface area contributed by atoms with E-state index in [-0.39, 0.29) is 12.6 Å². The fourth-order valence-corrected chi connectivity index (χ4v) is 3.19. The molecule has 0 spiro atoms. The number of nitrogens with zero attached hydrogens (tertiary/aromatic N) is 1. The molecule has 0 radical (unpaired) electrons. The number of amides is 2. The Hall–Kier alpha value is -2.08. The number of benzene rings is 2. The number of urea groups is 1. The van der Waals surface area contributed by atoms with Crippen molar-refractivity contribution in [1.82, 2.24) is 4.90 Å². The molecular weight excluding hydrogens is 348 g/mol. The molecule has 114 valence electrons. The van der Waals surface area contributed by atoms with Crippen LogP contribution in [0, 0.1) is 5.92 Å². The van der Waals surface area contributed by atoms with Crippen molar-refractivity contribution in [1.29, 1.82) is 0 Å². The van der Waals surface area contributed by atoms with Crippen molar-refractivity contribution in [2.24, 2.45) is 5.92 Å². The lowest BCUT2D eigenvalue weighted by atomic mass is 10.1.